The number of halogens is 1. The van der Waals surface area contributed by atoms with Crippen LogP contribution >= 0.6 is 23.4 Å². The second kappa shape index (κ2) is 6.40. The van der Waals surface area contributed by atoms with Crippen molar-refractivity contribution in [2.24, 2.45) is 0 Å². The zero-order valence-electron chi connectivity index (χ0n) is 13.9. The molecule has 1 aromatic heterocycles. The summed E-state index contributed by atoms with van der Waals surface area (Å²) in [4.78, 5) is 0. The van der Waals surface area contributed by atoms with Gasteiger partial charge < -0.3 is 14.0 Å². The molecule has 1 aromatic carbocycles. The fourth-order valence-corrected chi connectivity index (χ4v) is 4.43. The summed E-state index contributed by atoms with van der Waals surface area (Å²) in [5.41, 5.74) is 1.12. The zero-order chi connectivity index (χ0) is 16.8. The largest absolute Gasteiger partial charge is 0.489 e. The third-order valence-corrected chi connectivity index (χ3v) is 6.07. The van der Waals surface area contributed by atoms with Gasteiger partial charge in [-0.2, -0.15) is 0 Å². The van der Waals surface area contributed by atoms with E-state index < -0.39 is 0 Å². The molecule has 2 aliphatic carbocycles. The highest BCUT2D eigenvalue weighted by molar-refractivity contribution is 7.98. The standard InChI is InChI=1S/C18H20ClN3O2S/c19-14-8-11(9-15-16(14)24-7-1-6-23-15)10-25-18-21-20-17(12-2-3-12)22(18)13-4-5-13/h8-9,12-13H,1-7,10H2. The maximum Gasteiger partial charge on any atom is 0.191 e. The quantitative estimate of drug-likeness (QED) is 0.713. The van der Waals surface area contributed by atoms with Crippen LogP contribution in [0.25, 0.3) is 0 Å². The molecule has 0 amide bonds. The molecule has 1 aliphatic heterocycles. The van der Waals surface area contributed by atoms with Gasteiger partial charge in [0.1, 0.15) is 5.82 Å². The van der Waals surface area contributed by atoms with E-state index in [1.165, 1.54) is 31.5 Å². The fraction of sp³-hybridized carbons (Fsp3) is 0.556. The molecule has 2 heterocycles. The molecule has 0 unspecified atom stereocenters. The predicted octanol–water partition coefficient (Wildman–Crippen LogP) is 4.60. The molecule has 0 saturated heterocycles. The van der Waals surface area contributed by atoms with Gasteiger partial charge in [-0.25, -0.2) is 0 Å². The summed E-state index contributed by atoms with van der Waals surface area (Å²) in [6, 6.07) is 4.63. The lowest BCUT2D eigenvalue weighted by atomic mass is 10.2. The molecule has 0 atom stereocenters. The van der Waals surface area contributed by atoms with Crippen LogP contribution in [0.1, 0.15) is 55.5 Å². The molecule has 132 valence electrons. The smallest absolute Gasteiger partial charge is 0.191 e. The predicted molar refractivity (Wildman–Crippen MR) is 96.9 cm³/mol. The molecule has 7 heteroatoms. The molecule has 2 saturated carbocycles. The van der Waals surface area contributed by atoms with Gasteiger partial charge in [0, 0.05) is 24.1 Å². The van der Waals surface area contributed by atoms with E-state index >= 15 is 0 Å². The highest BCUT2D eigenvalue weighted by Gasteiger charge is 2.36. The van der Waals surface area contributed by atoms with Crippen molar-refractivity contribution in [3.05, 3.63) is 28.5 Å². The molecule has 2 fully saturated rings. The van der Waals surface area contributed by atoms with E-state index in [2.05, 4.69) is 14.8 Å². The Kier molecular flexibility index (Phi) is 4.05. The number of hydrogen-bond donors (Lipinski definition) is 0. The second-order valence-corrected chi connectivity index (χ2v) is 8.31. The molecule has 0 radical (unpaired) electrons. The van der Waals surface area contributed by atoms with Crippen molar-refractivity contribution in [2.75, 3.05) is 13.2 Å². The van der Waals surface area contributed by atoms with Crippen molar-refractivity contribution in [3.63, 3.8) is 0 Å². The zero-order valence-corrected chi connectivity index (χ0v) is 15.5. The van der Waals surface area contributed by atoms with Gasteiger partial charge in [-0.15, -0.1) is 10.2 Å². The molecule has 5 nitrogen and oxygen atoms in total. The van der Waals surface area contributed by atoms with Crippen LogP contribution < -0.4 is 9.47 Å². The van der Waals surface area contributed by atoms with Crippen LogP contribution in [0.2, 0.25) is 5.02 Å². The Bertz CT molecular complexity index is 802. The number of thioether (sulfide) groups is 1. The third kappa shape index (κ3) is 3.22. The van der Waals surface area contributed by atoms with Gasteiger partial charge in [0.2, 0.25) is 0 Å². The summed E-state index contributed by atoms with van der Waals surface area (Å²) in [6.45, 7) is 1.32. The summed E-state index contributed by atoms with van der Waals surface area (Å²) in [5, 5.41) is 10.6. The van der Waals surface area contributed by atoms with Gasteiger partial charge in [0.05, 0.1) is 18.2 Å². The first-order valence-electron chi connectivity index (χ1n) is 8.95. The van der Waals surface area contributed by atoms with Crippen LogP contribution in [0.3, 0.4) is 0 Å². The molecular formula is C18H20ClN3O2S. The van der Waals surface area contributed by atoms with Crippen LogP contribution in [0.5, 0.6) is 11.5 Å². The van der Waals surface area contributed by atoms with Crippen LogP contribution in [0.4, 0.5) is 0 Å². The summed E-state index contributed by atoms with van der Waals surface area (Å²) in [5.74, 6) is 4.05. The van der Waals surface area contributed by atoms with E-state index in [9.17, 15) is 0 Å². The number of hydrogen-bond acceptors (Lipinski definition) is 5. The summed E-state index contributed by atoms with van der Waals surface area (Å²) < 4.78 is 13.9. The van der Waals surface area contributed by atoms with Crippen LogP contribution in [0, 0.1) is 0 Å². The maximum absolute atomic E-state index is 6.40. The minimum absolute atomic E-state index is 0.612. The summed E-state index contributed by atoms with van der Waals surface area (Å²) in [6.07, 6.45) is 5.90. The van der Waals surface area contributed by atoms with Crippen molar-refractivity contribution >= 4 is 23.4 Å². The molecule has 2 aromatic rings. The van der Waals surface area contributed by atoms with Crippen LogP contribution in [0.15, 0.2) is 17.3 Å². The summed E-state index contributed by atoms with van der Waals surface area (Å²) >= 11 is 8.13. The lowest BCUT2D eigenvalue weighted by Gasteiger charge is -2.12. The van der Waals surface area contributed by atoms with Gasteiger partial charge in [0.15, 0.2) is 16.7 Å². The normalized spacial score (nSPS) is 19.7. The molecular weight excluding hydrogens is 358 g/mol. The van der Waals surface area contributed by atoms with Gasteiger partial charge in [-0.1, -0.05) is 23.4 Å². The van der Waals surface area contributed by atoms with E-state index in [1.807, 2.05) is 12.1 Å². The Morgan fingerprint density at radius 1 is 1.12 bits per heavy atom. The molecule has 3 aliphatic rings. The number of nitrogens with zero attached hydrogens (tertiary/aromatic N) is 3. The van der Waals surface area contributed by atoms with Crippen molar-refractivity contribution in [3.8, 4) is 11.5 Å². The second-order valence-electron chi connectivity index (χ2n) is 6.96. The molecule has 25 heavy (non-hydrogen) atoms. The Morgan fingerprint density at radius 3 is 2.76 bits per heavy atom. The fourth-order valence-electron chi connectivity index (χ4n) is 3.20. The maximum atomic E-state index is 6.40. The SMILES string of the molecule is Clc1cc(CSc2nnc(C3CC3)n2C2CC2)cc2c1OCCCO2. The van der Waals surface area contributed by atoms with Crippen molar-refractivity contribution in [1.82, 2.24) is 14.8 Å². The number of aromatic nitrogens is 3. The number of fused-ring (bicyclic) bond motifs is 1. The first kappa shape index (κ1) is 15.8. The highest BCUT2D eigenvalue weighted by Crippen LogP contribution is 2.46. The monoisotopic (exact) mass is 377 g/mol. The van der Waals surface area contributed by atoms with E-state index in [1.54, 1.807) is 11.8 Å². The van der Waals surface area contributed by atoms with E-state index in [4.69, 9.17) is 21.1 Å². The first-order chi connectivity index (χ1) is 12.3. The van der Waals surface area contributed by atoms with Gasteiger partial charge in [0.25, 0.3) is 0 Å². The topological polar surface area (TPSA) is 49.2 Å². The van der Waals surface area contributed by atoms with E-state index in [0.717, 1.165) is 28.6 Å². The first-order valence-corrected chi connectivity index (χ1v) is 10.3. The van der Waals surface area contributed by atoms with Crippen LogP contribution in [-0.2, 0) is 5.75 Å². The Morgan fingerprint density at radius 2 is 1.96 bits per heavy atom. The molecule has 5 rings (SSSR count). The van der Waals surface area contributed by atoms with E-state index in [-0.39, 0.29) is 0 Å². The average Bonchev–Trinajstić information content (AvgIpc) is 3.50. The lowest BCUT2D eigenvalue weighted by Crippen LogP contribution is -2.02. The Balaban J connectivity index is 1.36. The Hall–Kier alpha value is -1.40. The van der Waals surface area contributed by atoms with Crippen LogP contribution in [-0.4, -0.2) is 28.0 Å². The lowest BCUT2D eigenvalue weighted by molar-refractivity contribution is 0.297. The molecule has 0 N–H and O–H groups in total. The van der Waals surface area contributed by atoms with Crippen molar-refractivity contribution in [2.45, 2.75) is 55.0 Å². The number of benzene rings is 1. The van der Waals surface area contributed by atoms with Gasteiger partial charge in [-0.05, 0) is 43.4 Å². The minimum atomic E-state index is 0.612. The number of rotatable bonds is 5. The van der Waals surface area contributed by atoms with Gasteiger partial charge >= 0.3 is 0 Å². The average molecular weight is 378 g/mol. The van der Waals surface area contributed by atoms with Gasteiger partial charge in [-0.3, -0.25) is 0 Å². The number of ether oxygens (including phenoxy) is 2. The Labute approximate surface area is 156 Å². The molecule has 0 spiro atoms. The minimum Gasteiger partial charge on any atom is -0.489 e. The van der Waals surface area contributed by atoms with Crippen molar-refractivity contribution < 1.29 is 9.47 Å². The molecule has 0 bridgehead atoms. The van der Waals surface area contributed by atoms with E-state index in [0.29, 0.717) is 35.9 Å². The highest BCUT2D eigenvalue weighted by atomic mass is 35.5. The van der Waals surface area contributed by atoms with Crippen molar-refractivity contribution in [1.29, 1.82) is 0 Å². The summed E-state index contributed by atoms with van der Waals surface area (Å²) in [7, 11) is 0. The third-order valence-electron chi connectivity index (χ3n) is 4.78.